The number of nitrogens with one attached hydrogen (secondary N) is 1. The highest BCUT2D eigenvalue weighted by Gasteiger charge is 2.57. The molecule has 1 amide bonds. The molecule has 3 heterocycles. The van der Waals surface area contributed by atoms with Gasteiger partial charge in [-0.15, -0.1) is 11.3 Å². The average Bonchev–Trinajstić information content (AvgIpc) is 3.55. The first-order valence-electron chi connectivity index (χ1n) is 11.9. The van der Waals surface area contributed by atoms with Crippen LogP contribution in [0.5, 0.6) is 11.5 Å². The molecule has 0 bridgehead atoms. The first-order chi connectivity index (χ1) is 18.9. The minimum Gasteiger partial charge on any atom is -0.494 e. The standard InChI is InChI=1S/C27H22F5N3O4S/c1-25(10-28)12-39-23-17(25)9-20(35-21(23)14-3-5-16(29)6-4-14)26(37,27(30,31)32)11-33-24(36)15-7-18(38-2)22-19(8-15)40-13-34-22/h3-9,13,37H,10-12H2,1-2H3,(H,33,36). The van der Waals surface area contributed by atoms with Gasteiger partial charge in [-0.3, -0.25) is 4.79 Å². The number of carbonyl (C=O) groups excluding carboxylic acids is 1. The van der Waals surface area contributed by atoms with Crippen molar-refractivity contribution >= 4 is 27.5 Å². The van der Waals surface area contributed by atoms with Crippen LogP contribution in [0.15, 0.2) is 48.0 Å². The lowest BCUT2D eigenvalue weighted by molar-refractivity contribution is -0.265. The molecule has 1 aliphatic rings. The van der Waals surface area contributed by atoms with Crippen LogP contribution in [0, 0.1) is 5.82 Å². The van der Waals surface area contributed by atoms with E-state index in [-0.39, 0.29) is 40.5 Å². The summed E-state index contributed by atoms with van der Waals surface area (Å²) in [5.74, 6) is -1.21. The van der Waals surface area contributed by atoms with E-state index in [0.29, 0.717) is 10.2 Å². The maximum absolute atomic E-state index is 14.5. The van der Waals surface area contributed by atoms with E-state index in [2.05, 4.69) is 15.3 Å². The smallest absolute Gasteiger partial charge is 0.424 e. The Morgan fingerprint density at radius 3 is 2.60 bits per heavy atom. The molecule has 0 spiro atoms. The van der Waals surface area contributed by atoms with Crippen LogP contribution < -0.4 is 14.8 Å². The summed E-state index contributed by atoms with van der Waals surface area (Å²) in [6.07, 6.45) is -5.31. The van der Waals surface area contributed by atoms with E-state index in [0.717, 1.165) is 18.2 Å². The van der Waals surface area contributed by atoms with E-state index >= 15 is 0 Å². The number of amides is 1. The van der Waals surface area contributed by atoms with E-state index in [1.807, 2.05) is 0 Å². The summed E-state index contributed by atoms with van der Waals surface area (Å²) < 4.78 is 82.7. The zero-order valence-corrected chi connectivity index (χ0v) is 21.9. The Morgan fingerprint density at radius 2 is 1.95 bits per heavy atom. The number of methoxy groups -OCH3 is 1. The van der Waals surface area contributed by atoms with Crippen molar-refractivity contribution in [2.75, 3.05) is 26.9 Å². The van der Waals surface area contributed by atoms with Gasteiger partial charge in [-0.05, 0) is 49.4 Å². The topological polar surface area (TPSA) is 93.6 Å². The molecule has 2 aromatic carbocycles. The number of fused-ring (bicyclic) bond motifs is 2. The van der Waals surface area contributed by atoms with Gasteiger partial charge < -0.3 is 19.9 Å². The summed E-state index contributed by atoms with van der Waals surface area (Å²) in [4.78, 5) is 21.2. The summed E-state index contributed by atoms with van der Waals surface area (Å²) in [6, 6.07) is 8.46. The molecule has 1 aliphatic heterocycles. The first-order valence-corrected chi connectivity index (χ1v) is 12.8. The van der Waals surface area contributed by atoms with Crippen molar-refractivity contribution in [1.82, 2.24) is 15.3 Å². The number of alkyl halides is 4. The first kappa shape index (κ1) is 27.7. The number of nitrogens with zero attached hydrogens (tertiary/aromatic N) is 2. The molecule has 2 atom stereocenters. The van der Waals surface area contributed by atoms with Crippen LogP contribution in [0.4, 0.5) is 22.0 Å². The Labute approximate surface area is 228 Å². The number of ether oxygens (including phenoxy) is 2. The van der Waals surface area contributed by atoms with Crippen LogP contribution in [-0.2, 0) is 11.0 Å². The van der Waals surface area contributed by atoms with Crippen LogP contribution in [-0.4, -0.2) is 54.1 Å². The molecule has 40 heavy (non-hydrogen) atoms. The van der Waals surface area contributed by atoms with Crippen LogP contribution in [0.3, 0.4) is 0 Å². The molecule has 2 N–H and O–H groups in total. The van der Waals surface area contributed by atoms with E-state index in [1.165, 1.54) is 55.1 Å². The number of carbonyl (C=O) groups is 1. The van der Waals surface area contributed by atoms with E-state index in [1.54, 1.807) is 0 Å². The van der Waals surface area contributed by atoms with Crippen LogP contribution >= 0.6 is 11.3 Å². The largest absolute Gasteiger partial charge is 0.494 e. The number of aliphatic hydroxyl groups is 1. The predicted molar refractivity (Wildman–Crippen MR) is 137 cm³/mol. The molecule has 7 nitrogen and oxygen atoms in total. The number of rotatable bonds is 7. The summed E-state index contributed by atoms with van der Waals surface area (Å²) >= 11 is 1.21. The van der Waals surface area contributed by atoms with Crippen LogP contribution in [0.1, 0.15) is 28.5 Å². The zero-order chi connectivity index (χ0) is 28.9. The fraction of sp³-hybridized carbons (Fsp3) is 0.296. The van der Waals surface area contributed by atoms with Gasteiger partial charge in [0.05, 0.1) is 35.0 Å². The van der Waals surface area contributed by atoms with Gasteiger partial charge in [0.25, 0.3) is 5.91 Å². The molecule has 2 unspecified atom stereocenters. The van der Waals surface area contributed by atoms with E-state index in [9.17, 15) is 31.9 Å². The van der Waals surface area contributed by atoms with Crippen molar-refractivity contribution < 1.29 is 41.3 Å². The number of thiazole rings is 1. The Morgan fingerprint density at radius 1 is 1.23 bits per heavy atom. The molecule has 0 aliphatic carbocycles. The van der Waals surface area contributed by atoms with Gasteiger partial charge in [0.15, 0.2) is 0 Å². The Kier molecular flexibility index (Phi) is 6.91. The minimum absolute atomic E-state index is 0.00885. The molecule has 13 heteroatoms. The molecule has 5 rings (SSSR count). The molecule has 0 radical (unpaired) electrons. The number of aromatic nitrogens is 2. The van der Waals surface area contributed by atoms with Gasteiger partial charge in [0.2, 0.25) is 5.60 Å². The fourth-order valence-electron chi connectivity index (χ4n) is 4.43. The second-order valence-electron chi connectivity index (χ2n) is 9.64. The molecular formula is C27H22F5N3O4S. The second kappa shape index (κ2) is 9.97. The van der Waals surface area contributed by atoms with E-state index in [4.69, 9.17) is 9.47 Å². The summed E-state index contributed by atoms with van der Waals surface area (Å²) in [5, 5.41) is 13.3. The number of halogens is 5. The highest BCUT2D eigenvalue weighted by molar-refractivity contribution is 7.16. The fourth-order valence-corrected chi connectivity index (χ4v) is 5.16. The van der Waals surface area contributed by atoms with Gasteiger partial charge in [-0.2, -0.15) is 13.2 Å². The van der Waals surface area contributed by atoms with Crippen molar-refractivity contribution in [2.45, 2.75) is 24.1 Å². The second-order valence-corrected chi connectivity index (χ2v) is 10.5. The summed E-state index contributed by atoms with van der Waals surface area (Å²) in [6.45, 7) is -0.981. The highest BCUT2D eigenvalue weighted by Crippen LogP contribution is 2.48. The SMILES string of the molecule is COc1cc(C(=O)NCC(O)(c2cc3c(c(-c4ccc(F)cc4)n2)OCC3(C)CF)C(F)(F)F)cc2scnc12. The third-order valence-electron chi connectivity index (χ3n) is 6.85. The highest BCUT2D eigenvalue weighted by atomic mass is 32.1. The number of pyridine rings is 1. The third-order valence-corrected chi connectivity index (χ3v) is 7.63. The Bertz CT molecular complexity index is 1590. The van der Waals surface area contributed by atoms with Crippen molar-refractivity contribution in [1.29, 1.82) is 0 Å². The molecule has 0 fully saturated rings. The maximum Gasteiger partial charge on any atom is 0.424 e. The Balaban J connectivity index is 1.57. The molecule has 4 aromatic rings. The Hall–Kier alpha value is -3.84. The van der Waals surface area contributed by atoms with Gasteiger partial charge >= 0.3 is 6.18 Å². The van der Waals surface area contributed by atoms with Crippen molar-refractivity contribution in [3.05, 3.63) is 70.6 Å². The van der Waals surface area contributed by atoms with Gasteiger partial charge in [0, 0.05) is 16.7 Å². The van der Waals surface area contributed by atoms with Crippen LogP contribution in [0.25, 0.3) is 21.5 Å². The van der Waals surface area contributed by atoms with Gasteiger partial charge in [-0.1, -0.05) is 0 Å². The molecule has 2 aromatic heterocycles. The quantitative estimate of drug-likeness (QED) is 0.289. The number of hydrogen-bond donors (Lipinski definition) is 2. The summed E-state index contributed by atoms with van der Waals surface area (Å²) in [7, 11) is 1.37. The van der Waals surface area contributed by atoms with E-state index < -0.39 is 47.8 Å². The average molecular weight is 580 g/mol. The third kappa shape index (κ3) is 4.62. The van der Waals surface area contributed by atoms with Gasteiger partial charge in [-0.25, -0.2) is 18.7 Å². The predicted octanol–water partition coefficient (Wildman–Crippen LogP) is 5.31. The monoisotopic (exact) mass is 579 g/mol. The molecule has 0 saturated carbocycles. The van der Waals surface area contributed by atoms with Crippen LogP contribution in [0.2, 0.25) is 0 Å². The lowest BCUT2D eigenvalue weighted by atomic mass is 9.83. The minimum atomic E-state index is -5.31. The lowest BCUT2D eigenvalue weighted by Gasteiger charge is -2.31. The van der Waals surface area contributed by atoms with Crippen molar-refractivity contribution in [3.8, 4) is 22.8 Å². The van der Waals surface area contributed by atoms with Gasteiger partial charge in [0.1, 0.15) is 41.8 Å². The molecule has 210 valence electrons. The maximum atomic E-state index is 14.5. The number of benzene rings is 2. The number of hydrogen-bond acceptors (Lipinski definition) is 7. The normalized spacial score (nSPS) is 18.2. The van der Waals surface area contributed by atoms with Crippen molar-refractivity contribution in [2.24, 2.45) is 0 Å². The van der Waals surface area contributed by atoms with Crippen molar-refractivity contribution in [3.63, 3.8) is 0 Å². The zero-order valence-electron chi connectivity index (χ0n) is 21.1. The molecular weight excluding hydrogens is 557 g/mol. The summed E-state index contributed by atoms with van der Waals surface area (Å²) in [5.41, 5.74) is -3.73. The molecule has 0 saturated heterocycles. The lowest BCUT2D eigenvalue weighted by Crippen LogP contribution is -2.51.